The van der Waals surface area contributed by atoms with Crippen molar-refractivity contribution in [2.24, 2.45) is 7.05 Å². The van der Waals surface area contributed by atoms with E-state index in [1.54, 1.807) is 4.57 Å². The maximum Gasteiger partial charge on any atom is 0.277 e. The number of aliphatic hydroxyl groups excluding tert-OH is 1. The minimum atomic E-state index is -0.0845. The predicted molar refractivity (Wildman–Crippen MR) is 110 cm³/mol. The van der Waals surface area contributed by atoms with Crippen LogP contribution < -0.4 is 0 Å². The minimum Gasteiger partial charge on any atom is -0.510 e. The van der Waals surface area contributed by atoms with E-state index in [2.05, 4.69) is 21.3 Å². The van der Waals surface area contributed by atoms with Gasteiger partial charge in [-0.25, -0.2) is 4.98 Å². The van der Waals surface area contributed by atoms with Gasteiger partial charge in [-0.15, -0.1) is 10.2 Å². The third kappa shape index (κ3) is 4.00. The van der Waals surface area contributed by atoms with Crippen LogP contribution in [-0.2, 0) is 13.5 Å². The number of aromatic nitrogens is 4. The third-order valence-corrected chi connectivity index (χ3v) is 5.22. The Morgan fingerprint density at radius 2 is 1.90 bits per heavy atom. The molecule has 4 aromatic rings. The lowest BCUT2D eigenvalue weighted by molar-refractivity contribution is 0.411. The van der Waals surface area contributed by atoms with E-state index in [0.717, 1.165) is 16.6 Å². The number of imidazole rings is 1. The molecule has 29 heavy (non-hydrogen) atoms. The van der Waals surface area contributed by atoms with Gasteiger partial charge in [0.1, 0.15) is 17.4 Å². The zero-order valence-electron chi connectivity index (χ0n) is 15.6. The molecular formula is C21H17N5O2S. The van der Waals surface area contributed by atoms with Crippen molar-refractivity contribution in [3.8, 4) is 6.07 Å². The van der Waals surface area contributed by atoms with Crippen molar-refractivity contribution in [1.82, 2.24) is 19.7 Å². The molecule has 1 N–H and O–H groups in total. The number of thioether (sulfide) groups is 1. The largest absolute Gasteiger partial charge is 0.510 e. The second kappa shape index (κ2) is 8.20. The van der Waals surface area contributed by atoms with Crippen LogP contribution in [0, 0.1) is 11.3 Å². The topological polar surface area (TPSA) is 101 Å². The normalized spacial score (nSPS) is 12.0. The first kappa shape index (κ1) is 18.8. The van der Waals surface area contributed by atoms with Crippen molar-refractivity contribution in [3.05, 3.63) is 77.6 Å². The molecule has 2 aromatic carbocycles. The van der Waals surface area contributed by atoms with Crippen LogP contribution in [0.5, 0.6) is 0 Å². The number of benzene rings is 2. The van der Waals surface area contributed by atoms with Gasteiger partial charge in [-0.2, -0.15) is 5.26 Å². The molecule has 7 nitrogen and oxygen atoms in total. The zero-order chi connectivity index (χ0) is 20.2. The summed E-state index contributed by atoms with van der Waals surface area (Å²) in [7, 11) is 1.82. The quantitative estimate of drug-likeness (QED) is 0.293. The van der Waals surface area contributed by atoms with Crippen molar-refractivity contribution < 1.29 is 9.52 Å². The first-order chi connectivity index (χ1) is 14.2. The molecule has 0 aliphatic rings. The number of nitrogens with zero attached hydrogens (tertiary/aromatic N) is 5. The van der Waals surface area contributed by atoms with Crippen LogP contribution in [0.25, 0.3) is 16.6 Å². The van der Waals surface area contributed by atoms with E-state index >= 15 is 0 Å². The third-order valence-electron chi connectivity index (χ3n) is 4.39. The number of aliphatic hydroxyl groups is 1. The van der Waals surface area contributed by atoms with Crippen LogP contribution in [0.3, 0.4) is 0 Å². The summed E-state index contributed by atoms with van der Waals surface area (Å²) in [6.45, 7) is 0. The van der Waals surface area contributed by atoms with E-state index in [1.165, 1.54) is 11.8 Å². The maximum atomic E-state index is 10.5. The van der Waals surface area contributed by atoms with E-state index in [4.69, 9.17) is 4.42 Å². The van der Waals surface area contributed by atoms with Gasteiger partial charge < -0.3 is 14.1 Å². The molecule has 0 saturated carbocycles. The molecule has 0 radical (unpaired) electrons. The van der Waals surface area contributed by atoms with Crippen LogP contribution >= 0.6 is 11.8 Å². The van der Waals surface area contributed by atoms with Gasteiger partial charge in [0, 0.05) is 7.05 Å². The van der Waals surface area contributed by atoms with Gasteiger partial charge in [-0.3, -0.25) is 0 Å². The van der Waals surface area contributed by atoms with Gasteiger partial charge in [0.2, 0.25) is 5.89 Å². The standard InChI is InChI=1S/C21H17N5O2S/c1-26-17-10-6-5-9-16(17)23-20(26)15(12-22)18(27)13-29-21-25-24-19(28-21)11-14-7-3-2-4-8-14/h2-10,27H,11,13H2,1H3/b18-15-. The fraction of sp³-hybridized carbons (Fsp3) is 0.143. The van der Waals surface area contributed by atoms with Crippen molar-refractivity contribution in [2.45, 2.75) is 11.6 Å². The number of fused-ring (bicyclic) bond motifs is 1. The second-order valence-corrected chi connectivity index (χ2v) is 7.26. The van der Waals surface area contributed by atoms with E-state index in [1.807, 2.05) is 61.6 Å². The Balaban J connectivity index is 1.50. The Kier molecular flexibility index (Phi) is 5.31. The maximum absolute atomic E-state index is 10.5. The Morgan fingerprint density at radius 1 is 1.14 bits per heavy atom. The SMILES string of the molecule is Cn1c(/C(C#N)=C(\O)CSc2nnc(Cc3ccccc3)o2)nc2ccccc21. The van der Waals surface area contributed by atoms with Gasteiger partial charge in [0.25, 0.3) is 5.22 Å². The minimum absolute atomic E-state index is 0.0845. The molecule has 0 unspecified atom stereocenters. The molecule has 0 atom stereocenters. The average molecular weight is 403 g/mol. The monoisotopic (exact) mass is 403 g/mol. The molecule has 0 aliphatic heterocycles. The van der Waals surface area contributed by atoms with Crippen molar-refractivity contribution >= 4 is 28.4 Å². The predicted octanol–water partition coefficient (Wildman–Crippen LogP) is 4.13. The van der Waals surface area contributed by atoms with E-state index in [0.29, 0.717) is 23.4 Å². The molecule has 2 aromatic heterocycles. The summed E-state index contributed by atoms with van der Waals surface area (Å²) in [6.07, 6.45) is 0.541. The summed E-state index contributed by atoms with van der Waals surface area (Å²) in [5.74, 6) is 0.956. The zero-order valence-corrected chi connectivity index (χ0v) is 16.4. The number of rotatable bonds is 6. The lowest BCUT2D eigenvalue weighted by Gasteiger charge is -2.04. The van der Waals surface area contributed by atoms with E-state index in [-0.39, 0.29) is 17.1 Å². The van der Waals surface area contributed by atoms with Crippen LogP contribution in [0.1, 0.15) is 17.3 Å². The lowest BCUT2D eigenvalue weighted by Crippen LogP contribution is -2.00. The van der Waals surface area contributed by atoms with Gasteiger partial charge in [-0.05, 0) is 17.7 Å². The number of hydrogen-bond donors (Lipinski definition) is 1. The molecule has 0 fully saturated rings. The highest BCUT2D eigenvalue weighted by Crippen LogP contribution is 2.25. The van der Waals surface area contributed by atoms with Crippen molar-refractivity contribution in [3.63, 3.8) is 0 Å². The molecule has 0 aliphatic carbocycles. The van der Waals surface area contributed by atoms with Gasteiger partial charge in [0.05, 0.1) is 23.2 Å². The van der Waals surface area contributed by atoms with E-state index in [9.17, 15) is 10.4 Å². The second-order valence-electron chi connectivity index (χ2n) is 6.33. The molecule has 8 heteroatoms. The summed E-state index contributed by atoms with van der Waals surface area (Å²) < 4.78 is 7.42. The van der Waals surface area contributed by atoms with Crippen molar-refractivity contribution in [2.75, 3.05) is 5.75 Å². The van der Waals surface area contributed by atoms with Crippen LogP contribution in [0.15, 0.2) is 70.0 Å². The molecule has 144 valence electrons. The molecule has 2 heterocycles. The number of allylic oxidation sites excluding steroid dienone is 1. The molecule has 0 spiro atoms. The van der Waals surface area contributed by atoms with Crippen LogP contribution in [-0.4, -0.2) is 30.6 Å². The first-order valence-electron chi connectivity index (χ1n) is 8.89. The van der Waals surface area contributed by atoms with Crippen molar-refractivity contribution in [1.29, 1.82) is 5.26 Å². The molecule has 0 saturated heterocycles. The number of aryl methyl sites for hydroxylation is 1. The van der Waals surface area contributed by atoms with Gasteiger partial charge in [0.15, 0.2) is 5.82 Å². The number of nitriles is 1. The van der Waals surface area contributed by atoms with Gasteiger partial charge >= 0.3 is 0 Å². The molecule has 0 bridgehead atoms. The Hall–Kier alpha value is -3.57. The number of hydrogen-bond acceptors (Lipinski definition) is 7. The highest BCUT2D eigenvalue weighted by atomic mass is 32.2. The highest BCUT2D eigenvalue weighted by molar-refractivity contribution is 7.99. The lowest BCUT2D eigenvalue weighted by atomic mass is 10.2. The average Bonchev–Trinajstić information content (AvgIpc) is 3.33. The highest BCUT2D eigenvalue weighted by Gasteiger charge is 2.17. The van der Waals surface area contributed by atoms with E-state index < -0.39 is 0 Å². The molecule has 0 amide bonds. The van der Waals surface area contributed by atoms with Gasteiger partial charge in [-0.1, -0.05) is 54.2 Å². The summed E-state index contributed by atoms with van der Waals surface area (Å²) in [5, 5.41) is 28.5. The fourth-order valence-corrected chi connectivity index (χ4v) is 3.61. The Bertz CT molecular complexity index is 1220. The summed E-state index contributed by atoms with van der Waals surface area (Å²) >= 11 is 1.17. The molecule has 4 rings (SSSR count). The number of para-hydroxylation sites is 2. The summed E-state index contributed by atoms with van der Waals surface area (Å²) in [6, 6.07) is 19.5. The summed E-state index contributed by atoms with van der Waals surface area (Å²) in [4.78, 5) is 4.47. The summed E-state index contributed by atoms with van der Waals surface area (Å²) in [5.41, 5.74) is 2.85. The smallest absolute Gasteiger partial charge is 0.277 e. The van der Waals surface area contributed by atoms with Crippen LogP contribution in [0.4, 0.5) is 0 Å². The molecular weight excluding hydrogens is 386 g/mol. The Morgan fingerprint density at radius 3 is 2.66 bits per heavy atom. The fourth-order valence-electron chi connectivity index (χ4n) is 2.95. The first-order valence-corrected chi connectivity index (χ1v) is 9.87. The van der Waals surface area contributed by atoms with Crippen LogP contribution in [0.2, 0.25) is 0 Å². The Labute approximate surface area is 171 Å².